The van der Waals surface area contributed by atoms with Crippen LogP contribution in [0.4, 0.5) is 0 Å². The van der Waals surface area contributed by atoms with Crippen LogP contribution in [-0.2, 0) is 46.3 Å². The number of Topliss-reactive ketones (excluding diaryl/α,β-unsaturated/α-hetero) is 2. The normalized spacial score (nSPS) is 35.7. The molecule has 2 bridgehead atoms. The number of rotatable bonds is 11. The molecule has 0 aliphatic carbocycles. The monoisotopic (exact) mass is 1220 g/mol. The van der Waals surface area contributed by atoms with Crippen LogP contribution < -0.4 is 0 Å². The lowest BCUT2D eigenvalue weighted by Crippen LogP contribution is -2.57. The molecule has 0 unspecified atom stereocenters. The van der Waals surface area contributed by atoms with Crippen molar-refractivity contribution in [1.29, 1.82) is 0 Å². The van der Waals surface area contributed by atoms with Crippen molar-refractivity contribution in [1.82, 2.24) is 0 Å². The number of carbonyl (C=O) groups excluding carboxylic acids is 3. The van der Waals surface area contributed by atoms with Gasteiger partial charge in [0.05, 0.1) is 30.5 Å². The van der Waals surface area contributed by atoms with E-state index in [0.29, 0.717) is 18.3 Å². The quantitative estimate of drug-likeness (QED) is 0.146. The summed E-state index contributed by atoms with van der Waals surface area (Å²) in [6.07, 6.45) is 16.3. The number of hydrogen-bond acceptors (Lipinski definition) is 10. The Morgan fingerprint density at radius 3 is 1.52 bits per heavy atom. The third kappa shape index (κ3) is 19.6. The van der Waals surface area contributed by atoms with Crippen molar-refractivity contribution in [3.63, 3.8) is 0 Å². The first-order chi connectivity index (χ1) is 37.1. The highest BCUT2D eigenvalue weighted by atomic mass is 28.4. The Morgan fingerprint density at radius 2 is 1.04 bits per heavy atom. The van der Waals surface area contributed by atoms with E-state index >= 15 is 9.59 Å². The molecule has 2 saturated heterocycles. The SMILES string of the molecule is CC[C@H]1/C=C/C=C/C[C@@H](C)[C@H](O[Si](C)(C)C(C)(C)C)[C@H](C)C(=O)[C@@H](C)[C@H](O[Si](C)(C)C(C)(C)C)[C@@H](C)C(=O)[C@@H](C)[C@H](O[Si](C)(C)C(C)(C)C)[C@@H](C)/C=C/C(=O)O[C@H]2C[C@@]3(CC[C@H](C)[C@H](C[C@@H](C)O[Si](C)(C)C(C)(C)C)O3)O[C@@H](CC1)[C@H]2C. The van der Waals surface area contributed by atoms with Crippen molar-refractivity contribution in [3.05, 3.63) is 36.5 Å². The highest BCUT2D eigenvalue weighted by Crippen LogP contribution is 2.48. The minimum Gasteiger partial charge on any atom is -0.459 e. The number of fused-ring (bicyclic) bond motifs is 2. The number of allylic oxidation sites excluding steroid dienone is 4. The largest absolute Gasteiger partial charge is 0.459 e. The first-order valence-corrected chi connectivity index (χ1v) is 44.1. The molecule has 3 aliphatic heterocycles. The molecule has 3 rings (SSSR count). The summed E-state index contributed by atoms with van der Waals surface area (Å²) in [6, 6.07) is 0. The van der Waals surface area contributed by atoms with Gasteiger partial charge < -0.3 is 31.9 Å². The summed E-state index contributed by atoms with van der Waals surface area (Å²) in [4.78, 5) is 45.5. The van der Waals surface area contributed by atoms with Crippen LogP contribution in [0.3, 0.4) is 0 Å². The van der Waals surface area contributed by atoms with Gasteiger partial charge in [-0.05, 0) is 136 Å². The van der Waals surface area contributed by atoms with Crippen molar-refractivity contribution in [2.24, 2.45) is 53.3 Å². The average Bonchev–Trinajstić information content (AvgIpc) is 3.33. The van der Waals surface area contributed by atoms with Crippen molar-refractivity contribution in [2.75, 3.05) is 0 Å². The van der Waals surface area contributed by atoms with Crippen molar-refractivity contribution < 1.29 is 46.3 Å². The fourth-order valence-electron chi connectivity index (χ4n) is 11.4. The van der Waals surface area contributed by atoms with E-state index in [0.717, 1.165) is 44.9 Å². The summed E-state index contributed by atoms with van der Waals surface area (Å²) >= 11 is 0. The highest BCUT2D eigenvalue weighted by Gasteiger charge is 2.53. The van der Waals surface area contributed by atoms with Gasteiger partial charge in [-0.3, -0.25) is 9.59 Å². The molecule has 14 heteroatoms. The second-order valence-electron chi connectivity index (χ2n) is 32.7. The molecule has 0 aromatic carbocycles. The van der Waals surface area contributed by atoms with E-state index in [1.165, 1.54) is 0 Å². The maximum absolute atomic E-state index is 15.6. The molecule has 0 aromatic heterocycles. The molecule has 0 radical (unpaired) electrons. The Labute approximate surface area is 508 Å². The Kier molecular flexibility index (Phi) is 26.4. The number of ketones is 2. The van der Waals surface area contributed by atoms with Crippen LogP contribution in [0.15, 0.2) is 36.5 Å². The Balaban J connectivity index is 2.27. The molecule has 0 aromatic rings. The van der Waals surface area contributed by atoms with Crippen LogP contribution in [0.2, 0.25) is 72.5 Å². The summed E-state index contributed by atoms with van der Waals surface area (Å²) in [5.41, 5.74) is 0. The Hall–Kier alpha value is -1.34. The third-order valence-electron chi connectivity index (χ3n) is 21.7. The predicted molar refractivity (Wildman–Crippen MR) is 353 cm³/mol. The molecule has 476 valence electrons. The summed E-state index contributed by atoms with van der Waals surface area (Å²) in [5, 5.41) is -0.318. The third-order valence-corrected chi connectivity index (χ3v) is 39.8. The lowest BCUT2D eigenvalue weighted by molar-refractivity contribution is -0.347. The number of carbonyl (C=O) groups is 3. The fourth-order valence-corrected chi connectivity index (χ4v) is 17.2. The van der Waals surface area contributed by atoms with E-state index in [1.807, 2.05) is 33.8 Å². The van der Waals surface area contributed by atoms with Gasteiger partial charge in [0.1, 0.15) is 17.7 Å². The lowest BCUT2D eigenvalue weighted by atomic mass is 9.77. The van der Waals surface area contributed by atoms with E-state index in [4.69, 9.17) is 31.9 Å². The van der Waals surface area contributed by atoms with Crippen molar-refractivity contribution in [3.8, 4) is 0 Å². The number of hydrogen-bond donors (Lipinski definition) is 0. The summed E-state index contributed by atoms with van der Waals surface area (Å²) in [6.45, 7) is 66.1. The first-order valence-electron chi connectivity index (χ1n) is 32.4. The van der Waals surface area contributed by atoms with Crippen molar-refractivity contribution >= 4 is 50.8 Å². The van der Waals surface area contributed by atoms with Gasteiger partial charge in [-0.2, -0.15) is 0 Å². The summed E-state index contributed by atoms with van der Waals surface area (Å²) in [5.74, 6) is -3.37. The summed E-state index contributed by atoms with van der Waals surface area (Å²) in [7, 11) is -9.45. The molecule has 82 heavy (non-hydrogen) atoms. The van der Waals surface area contributed by atoms with Gasteiger partial charge in [-0.15, -0.1) is 0 Å². The van der Waals surface area contributed by atoms with Crippen LogP contribution in [-0.4, -0.2) is 99.3 Å². The zero-order valence-corrected chi connectivity index (χ0v) is 62.4. The standard InChI is InChI=1S/C68H128O10Si4/c1-31-54-36-34-32-33-35-46(3)61(76-80(25,26)65(14,15)16)50(7)59(70)52(9)63(78-82(29,30)67(20,21)22)53(10)60(71)51(8)62(77-81(27,28)66(17,18)19)47(4)37-40-58(69)72-57-44-68(73-55(39-38-54)49(57)6)42-41-45(2)56(74-68)43-48(5)75-79(23,24)64(11,12)13/h32-34,36-37,40,45-57,61-63H,31,35,38-39,41-44H2,1-30H3/b33-32+,36-34+,40-37+/t45-,46+,47-,48+,49+,50+,51+,52+,53-,54-,55-,56-,57-,61-,62+,63-,68-/m0/s1. The molecular formula is C68H128O10Si4. The molecule has 17 atom stereocenters. The second-order valence-corrected chi connectivity index (χ2v) is 51.7. The van der Waals surface area contributed by atoms with Crippen LogP contribution in [0.25, 0.3) is 0 Å². The van der Waals surface area contributed by atoms with Gasteiger partial charge in [0.15, 0.2) is 39.1 Å². The van der Waals surface area contributed by atoms with Gasteiger partial charge in [-0.1, -0.05) is 176 Å². The molecule has 10 nitrogen and oxygen atoms in total. The van der Waals surface area contributed by atoms with E-state index in [-0.39, 0.29) is 73.9 Å². The molecule has 3 aliphatic rings. The van der Waals surface area contributed by atoms with Gasteiger partial charge >= 0.3 is 5.97 Å². The zero-order valence-electron chi connectivity index (χ0n) is 58.4. The van der Waals surface area contributed by atoms with Crippen LogP contribution in [0, 0.1) is 53.3 Å². The minimum atomic E-state index is -2.56. The molecular weight excluding hydrogens is 1090 g/mol. The summed E-state index contributed by atoms with van der Waals surface area (Å²) < 4.78 is 50.1. The predicted octanol–water partition coefficient (Wildman–Crippen LogP) is 18.6. The van der Waals surface area contributed by atoms with Crippen LogP contribution in [0.1, 0.15) is 204 Å². The minimum absolute atomic E-state index is 0.0108. The van der Waals surface area contributed by atoms with Gasteiger partial charge in [-0.25, -0.2) is 4.79 Å². The average molecular weight is 1220 g/mol. The molecule has 0 amide bonds. The molecule has 0 N–H and O–H groups in total. The Morgan fingerprint density at radius 1 is 0.573 bits per heavy atom. The second kappa shape index (κ2) is 28.9. The van der Waals surface area contributed by atoms with Crippen LogP contribution >= 0.6 is 0 Å². The molecule has 2 fully saturated rings. The fraction of sp³-hybridized carbons (Fsp3) is 0.868. The molecule has 1 spiro atoms. The Bertz CT molecular complexity index is 2160. The van der Waals surface area contributed by atoms with Gasteiger partial charge in [0.25, 0.3) is 0 Å². The van der Waals surface area contributed by atoms with E-state index in [2.05, 4.69) is 201 Å². The first kappa shape index (κ1) is 74.9. The molecule has 3 heterocycles. The van der Waals surface area contributed by atoms with E-state index in [1.54, 1.807) is 6.08 Å². The molecule has 0 saturated carbocycles. The highest BCUT2D eigenvalue weighted by molar-refractivity contribution is 6.75. The smallest absolute Gasteiger partial charge is 0.330 e. The number of ether oxygens (including phenoxy) is 3. The maximum atomic E-state index is 15.6. The maximum Gasteiger partial charge on any atom is 0.330 e. The van der Waals surface area contributed by atoms with Gasteiger partial charge in [0, 0.05) is 60.5 Å². The van der Waals surface area contributed by atoms with E-state index in [9.17, 15) is 4.79 Å². The van der Waals surface area contributed by atoms with E-state index < -0.39 is 87.0 Å². The lowest BCUT2D eigenvalue weighted by Gasteiger charge is -2.52. The van der Waals surface area contributed by atoms with Crippen molar-refractivity contribution in [2.45, 2.75) is 325 Å². The number of esters is 1. The van der Waals surface area contributed by atoms with Gasteiger partial charge in [0.2, 0.25) is 0 Å². The topological polar surface area (TPSA) is 116 Å². The van der Waals surface area contributed by atoms with Crippen LogP contribution in [0.5, 0.6) is 0 Å². The zero-order chi connectivity index (χ0) is 63.3.